The number of rotatable bonds is 0. The topological polar surface area (TPSA) is 0 Å². The molecule has 0 aliphatic heterocycles. The number of alkyl halides is 18. The lowest BCUT2D eigenvalue weighted by Crippen LogP contribution is -3.08. The summed E-state index contributed by atoms with van der Waals surface area (Å²) < 4.78 is 239. The van der Waals surface area contributed by atoms with Crippen LogP contribution < -0.4 is 0 Å². The Balaban J connectivity index is 3.28. The Bertz CT molecular complexity index is 679. The Kier molecular flexibility index (Phi) is 3.75. The van der Waals surface area contributed by atoms with Crippen LogP contribution in [0.25, 0.3) is 0 Å². The van der Waals surface area contributed by atoms with Gasteiger partial charge in [-0.15, -0.1) is 0 Å². The van der Waals surface area contributed by atoms with Gasteiger partial charge in [-0.2, -0.15) is 65.9 Å². The second kappa shape index (κ2) is 4.57. The molecule has 3 aliphatic carbocycles. The summed E-state index contributed by atoms with van der Waals surface area (Å²) in [5, 5.41) is 0. The van der Waals surface area contributed by atoms with Crippen LogP contribution in [0.3, 0.4) is 0 Å². The van der Waals surface area contributed by atoms with E-state index in [9.17, 15) is 79.0 Å². The molecule has 2 bridgehead atoms. The van der Waals surface area contributed by atoms with Crippen LogP contribution in [0.1, 0.15) is 0 Å². The summed E-state index contributed by atoms with van der Waals surface area (Å²) in [6.45, 7) is 0. The van der Waals surface area contributed by atoms with Crippen LogP contribution in [0.2, 0.25) is 0 Å². The Morgan fingerprint density at radius 1 is 0.357 bits per heavy atom. The van der Waals surface area contributed by atoms with Gasteiger partial charge in [0.25, 0.3) is 16.8 Å². The summed E-state index contributed by atoms with van der Waals surface area (Å²) in [5.41, 5.74) is -33.1. The Labute approximate surface area is 139 Å². The number of hydrogen-bond donors (Lipinski definition) is 0. The highest BCUT2D eigenvalue weighted by molar-refractivity contribution is 5.52. The zero-order valence-electron chi connectivity index (χ0n) is 11.8. The first-order valence-corrected chi connectivity index (χ1v) is 6.15. The van der Waals surface area contributed by atoms with Gasteiger partial charge in [-0.05, 0) is 0 Å². The van der Waals surface area contributed by atoms with Crippen LogP contribution in [-0.4, -0.2) is 53.3 Å². The van der Waals surface area contributed by atoms with Gasteiger partial charge in [0.1, 0.15) is 0 Å². The van der Waals surface area contributed by atoms with Crippen LogP contribution in [-0.2, 0) is 0 Å². The molecule has 3 unspecified atom stereocenters. The van der Waals surface area contributed by atoms with Gasteiger partial charge in [-0.25, -0.2) is 13.2 Å². The third-order valence-corrected chi connectivity index (χ3v) is 4.87. The standard InChI is InChI=1S/C10F18/c11-2-1(8(20,21)22,9(23,24)25)3(12,5(2,14)15)6(16,17)7(18,19)4(2,13)10(26,27)28. The quantitative estimate of drug-likeness (QED) is 0.405. The summed E-state index contributed by atoms with van der Waals surface area (Å²) in [4.78, 5) is 0. The minimum absolute atomic E-state index is 7.86. The molecule has 0 aromatic heterocycles. The summed E-state index contributed by atoms with van der Waals surface area (Å²) in [6.07, 6.45) is -24.6. The van der Waals surface area contributed by atoms with Gasteiger partial charge in [0.15, 0.2) is 0 Å². The monoisotopic (exact) mass is 462 g/mol. The molecule has 166 valence electrons. The minimum Gasteiger partial charge on any atom is -0.231 e. The molecule has 0 saturated heterocycles. The highest BCUT2D eigenvalue weighted by Gasteiger charge is 3.23. The van der Waals surface area contributed by atoms with Gasteiger partial charge in [-0.3, -0.25) is 0 Å². The molecule has 0 spiro atoms. The fraction of sp³-hybridized carbons (Fsp3) is 1.00. The Hall–Kier alpha value is -1.26. The zero-order chi connectivity index (χ0) is 23.0. The molecule has 0 nitrogen and oxygen atoms in total. The maximum Gasteiger partial charge on any atom is 0.432 e. The normalized spacial score (nSPS) is 41.4. The first kappa shape index (κ1) is 23.0. The van der Waals surface area contributed by atoms with E-state index in [0.29, 0.717) is 0 Å². The molecule has 0 N–H and O–H groups in total. The van der Waals surface area contributed by atoms with Crippen molar-refractivity contribution in [3.05, 3.63) is 0 Å². The maximum atomic E-state index is 14.3. The average Bonchev–Trinajstić information content (AvgIpc) is 2.39. The predicted octanol–water partition coefficient (Wildman–Crippen LogP) is 5.72. The van der Waals surface area contributed by atoms with Crippen LogP contribution in [0.15, 0.2) is 0 Å². The van der Waals surface area contributed by atoms with Gasteiger partial charge in [-0.1, -0.05) is 0 Å². The Morgan fingerprint density at radius 3 is 0.929 bits per heavy atom. The summed E-state index contributed by atoms with van der Waals surface area (Å²) in [6, 6.07) is 0. The van der Waals surface area contributed by atoms with Crippen LogP contribution >= 0.6 is 0 Å². The molecule has 28 heavy (non-hydrogen) atoms. The van der Waals surface area contributed by atoms with Gasteiger partial charge in [0.05, 0.1) is 0 Å². The van der Waals surface area contributed by atoms with E-state index in [-0.39, 0.29) is 0 Å². The van der Waals surface area contributed by atoms with Crippen molar-refractivity contribution in [1.82, 2.24) is 0 Å². The SMILES string of the molecule is FC(F)(F)C1(F)C(F)(F)C(F)(F)C2(F)C(F)(F)C1(F)C2(C(F)(F)F)C(F)(F)F. The van der Waals surface area contributed by atoms with Crippen molar-refractivity contribution in [3.63, 3.8) is 0 Å². The first-order valence-electron chi connectivity index (χ1n) is 6.15. The van der Waals surface area contributed by atoms with Crippen molar-refractivity contribution in [2.75, 3.05) is 0 Å². The molecule has 3 aliphatic rings. The van der Waals surface area contributed by atoms with Crippen molar-refractivity contribution in [1.29, 1.82) is 0 Å². The summed E-state index contributed by atoms with van der Waals surface area (Å²) in [7, 11) is 0. The molecular weight excluding hydrogens is 462 g/mol. The van der Waals surface area contributed by atoms with Crippen LogP contribution in [0.4, 0.5) is 79.0 Å². The van der Waals surface area contributed by atoms with Gasteiger partial charge < -0.3 is 0 Å². The molecule has 0 heterocycles. The van der Waals surface area contributed by atoms with Crippen molar-refractivity contribution in [2.45, 2.75) is 53.3 Å². The summed E-state index contributed by atoms with van der Waals surface area (Å²) in [5.74, 6) is -24.4. The van der Waals surface area contributed by atoms with Crippen LogP contribution in [0, 0.1) is 5.41 Å². The smallest absolute Gasteiger partial charge is 0.231 e. The molecule has 0 aromatic rings. The molecule has 0 radical (unpaired) electrons. The lowest BCUT2D eigenvalue weighted by atomic mass is 9.34. The van der Waals surface area contributed by atoms with E-state index in [2.05, 4.69) is 0 Å². The van der Waals surface area contributed by atoms with E-state index >= 15 is 0 Å². The van der Waals surface area contributed by atoms with E-state index in [1.807, 2.05) is 0 Å². The van der Waals surface area contributed by atoms with Crippen molar-refractivity contribution >= 4 is 0 Å². The van der Waals surface area contributed by atoms with Gasteiger partial charge >= 0.3 is 42.0 Å². The molecule has 3 fully saturated rings. The highest BCUT2D eigenvalue weighted by atomic mass is 19.4. The highest BCUT2D eigenvalue weighted by Crippen LogP contribution is 2.91. The number of hydrogen-bond acceptors (Lipinski definition) is 0. The van der Waals surface area contributed by atoms with E-state index < -0.39 is 58.7 Å². The van der Waals surface area contributed by atoms with Gasteiger partial charge in [0.2, 0.25) is 0 Å². The fourth-order valence-electron chi connectivity index (χ4n) is 3.75. The molecule has 3 rings (SSSR count). The number of fused-ring (bicyclic) bond motifs is 2. The third kappa shape index (κ3) is 1.46. The molecular formula is C10F18. The van der Waals surface area contributed by atoms with E-state index in [1.54, 1.807) is 0 Å². The van der Waals surface area contributed by atoms with Crippen molar-refractivity contribution < 1.29 is 79.0 Å². The lowest BCUT2D eigenvalue weighted by Gasteiger charge is -2.74. The number of halogens is 18. The molecule has 0 aromatic carbocycles. The predicted molar refractivity (Wildman–Crippen MR) is 47.0 cm³/mol. The first-order chi connectivity index (χ1) is 11.8. The molecule has 0 amide bonds. The molecule has 3 atom stereocenters. The average molecular weight is 462 g/mol. The second-order valence-electron chi connectivity index (χ2n) is 5.94. The van der Waals surface area contributed by atoms with Crippen LogP contribution in [0.5, 0.6) is 0 Å². The molecule has 18 heteroatoms. The fourth-order valence-corrected chi connectivity index (χ4v) is 3.75. The van der Waals surface area contributed by atoms with Crippen molar-refractivity contribution in [3.8, 4) is 0 Å². The Morgan fingerprint density at radius 2 is 0.679 bits per heavy atom. The van der Waals surface area contributed by atoms with E-state index in [4.69, 9.17) is 0 Å². The second-order valence-corrected chi connectivity index (χ2v) is 5.94. The summed E-state index contributed by atoms with van der Waals surface area (Å²) >= 11 is 0. The lowest BCUT2D eigenvalue weighted by molar-refractivity contribution is -0.625. The van der Waals surface area contributed by atoms with Gasteiger partial charge in [0, 0.05) is 0 Å². The largest absolute Gasteiger partial charge is 0.432 e. The van der Waals surface area contributed by atoms with E-state index in [1.165, 1.54) is 0 Å². The minimum atomic E-state index is -8.51. The zero-order valence-corrected chi connectivity index (χ0v) is 11.8. The van der Waals surface area contributed by atoms with E-state index in [0.717, 1.165) is 0 Å². The third-order valence-electron chi connectivity index (χ3n) is 4.87. The van der Waals surface area contributed by atoms with Crippen molar-refractivity contribution in [2.24, 2.45) is 5.41 Å². The molecule has 3 saturated carbocycles. The maximum absolute atomic E-state index is 14.3.